The number of aromatic nitrogens is 2. The second-order valence-electron chi connectivity index (χ2n) is 8.64. The van der Waals surface area contributed by atoms with Crippen LogP contribution in [0.4, 0.5) is 5.82 Å². The van der Waals surface area contributed by atoms with Gasteiger partial charge in [0.1, 0.15) is 5.82 Å². The average Bonchev–Trinajstić information content (AvgIpc) is 3.13. The van der Waals surface area contributed by atoms with Crippen LogP contribution in [0.3, 0.4) is 0 Å². The summed E-state index contributed by atoms with van der Waals surface area (Å²) in [6.07, 6.45) is 2.44. The Kier molecular flexibility index (Phi) is 4.31. The largest absolute Gasteiger partial charge is 0.454 e. The highest BCUT2D eigenvalue weighted by Crippen LogP contribution is 2.47. The van der Waals surface area contributed by atoms with Gasteiger partial charge < -0.3 is 24.4 Å². The molecule has 0 amide bonds. The first kappa shape index (κ1) is 17.5. The molecule has 0 bridgehead atoms. The lowest BCUT2D eigenvalue weighted by Gasteiger charge is -2.28. The van der Waals surface area contributed by atoms with Crippen molar-refractivity contribution in [3.63, 3.8) is 0 Å². The Morgan fingerprint density at radius 1 is 0.966 bits per heavy atom. The van der Waals surface area contributed by atoms with Gasteiger partial charge in [-0.3, -0.25) is 0 Å². The molecule has 1 N–H and O–H groups in total. The quantitative estimate of drug-likeness (QED) is 0.836. The number of anilines is 1. The maximum absolute atomic E-state index is 5.48. The van der Waals surface area contributed by atoms with Gasteiger partial charge in [-0.25, -0.2) is 0 Å². The SMILES string of the molecule is c1cc2c(cc1-c1ccc(NC3C4CN(CC5CCOCC5)CC43)nn1)OCO2. The first-order valence-electron chi connectivity index (χ1n) is 10.6. The molecule has 4 aliphatic rings. The molecule has 0 spiro atoms. The van der Waals surface area contributed by atoms with Crippen LogP contribution in [-0.4, -0.2) is 60.8 Å². The summed E-state index contributed by atoms with van der Waals surface area (Å²) in [6.45, 7) is 5.83. The molecule has 3 aliphatic heterocycles. The maximum atomic E-state index is 5.48. The molecule has 29 heavy (non-hydrogen) atoms. The molecule has 0 radical (unpaired) electrons. The van der Waals surface area contributed by atoms with Crippen molar-refractivity contribution in [2.24, 2.45) is 17.8 Å². The first-order valence-corrected chi connectivity index (χ1v) is 10.6. The molecule has 4 heterocycles. The van der Waals surface area contributed by atoms with Crippen LogP contribution >= 0.6 is 0 Å². The minimum atomic E-state index is 0.281. The van der Waals surface area contributed by atoms with E-state index in [1.54, 1.807) is 0 Å². The zero-order valence-electron chi connectivity index (χ0n) is 16.4. The normalized spacial score (nSPS) is 28.3. The Hall–Kier alpha value is -2.38. The number of nitrogens with one attached hydrogen (secondary N) is 1. The Morgan fingerprint density at radius 2 is 1.79 bits per heavy atom. The number of hydrogen-bond acceptors (Lipinski definition) is 7. The number of fused-ring (bicyclic) bond motifs is 2. The van der Waals surface area contributed by atoms with Gasteiger partial charge in [-0.2, -0.15) is 0 Å². The molecule has 1 aromatic carbocycles. The molecule has 2 aromatic rings. The van der Waals surface area contributed by atoms with Crippen molar-refractivity contribution >= 4 is 5.82 Å². The zero-order valence-corrected chi connectivity index (χ0v) is 16.4. The van der Waals surface area contributed by atoms with Gasteiger partial charge in [-0.05, 0) is 60.9 Å². The summed E-state index contributed by atoms with van der Waals surface area (Å²) in [6, 6.07) is 10.5. The molecule has 1 aliphatic carbocycles. The van der Waals surface area contributed by atoms with Gasteiger partial charge in [0.2, 0.25) is 6.79 Å². The zero-order chi connectivity index (χ0) is 19.2. The lowest BCUT2D eigenvalue weighted by atomic mass is 10.00. The van der Waals surface area contributed by atoms with E-state index in [1.165, 1.54) is 32.5 Å². The lowest BCUT2D eigenvalue weighted by molar-refractivity contribution is 0.0540. The van der Waals surface area contributed by atoms with Crippen molar-refractivity contribution in [1.82, 2.24) is 15.1 Å². The van der Waals surface area contributed by atoms with E-state index in [-0.39, 0.29) is 6.79 Å². The van der Waals surface area contributed by atoms with Crippen LogP contribution in [0.5, 0.6) is 11.5 Å². The number of ether oxygens (including phenoxy) is 3. The molecule has 1 saturated carbocycles. The highest BCUT2D eigenvalue weighted by Gasteiger charge is 2.55. The predicted octanol–water partition coefficient (Wildman–Crippen LogP) is 2.64. The Labute approximate surface area is 170 Å². The predicted molar refractivity (Wildman–Crippen MR) is 108 cm³/mol. The van der Waals surface area contributed by atoms with E-state index in [4.69, 9.17) is 14.2 Å². The number of piperidine rings is 1. The third-order valence-corrected chi connectivity index (χ3v) is 6.77. The fourth-order valence-electron chi connectivity index (χ4n) is 5.06. The highest BCUT2D eigenvalue weighted by molar-refractivity contribution is 5.64. The van der Waals surface area contributed by atoms with Crippen LogP contribution in [0, 0.1) is 17.8 Å². The van der Waals surface area contributed by atoms with E-state index < -0.39 is 0 Å². The fraction of sp³-hybridized carbons (Fsp3) is 0.545. The number of likely N-dealkylation sites (tertiary alicyclic amines) is 1. The molecule has 6 rings (SSSR count). The van der Waals surface area contributed by atoms with Crippen molar-refractivity contribution in [2.75, 3.05) is 45.0 Å². The minimum absolute atomic E-state index is 0.281. The molecular formula is C22H26N4O3. The van der Waals surface area contributed by atoms with Gasteiger partial charge in [0, 0.05) is 44.5 Å². The number of rotatable bonds is 5. The molecule has 152 valence electrons. The number of hydrogen-bond donors (Lipinski definition) is 1. The molecule has 1 aromatic heterocycles. The van der Waals surface area contributed by atoms with Crippen molar-refractivity contribution in [3.8, 4) is 22.8 Å². The van der Waals surface area contributed by atoms with Crippen LogP contribution < -0.4 is 14.8 Å². The molecular weight excluding hydrogens is 368 g/mol. The van der Waals surface area contributed by atoms with Gasteiger partial charge in [0.15, 0.2) is 11.5 Å². The molecule has 7 heteroatoms. The van der Waals surface area contributed by atoms with Gasteiger partial charge in [-0.1, -0.05) is 0 Å². The third kappa shape index (κ3) is 3.42. The van der Waals surface area contributed by atoms with Crippen LogP contribution in [0.1, 0.15) is 12.8 Å². The van der Waals surface area contributed by atoms with Gasteiger partial charge in [0.25, 0.3) is 0 Å². The van der Waals surface area contributed by atoms with Crippen LogP contribution in [0.15, 0.2) is 30.3 Å². The average molecular weight is 394 g/mol. The number of nitrogens with zero attached hydrogens (tertiary/aromatic N) is 3. The van der Waals surface area contributed by atoms with Crippen molar-refractivity contribution < 1.29 is 14.2 Å². The summed E-state index contributed by atoms with van der Waals surface area (Å²) in [5, 5.41) is 12.4. The summed E-state index contributed by atoms with van der Waals surface area (Å²) in [4.78, 5) is 2.65. The van der Waals surface area contributed by atoms with E-state index in [0.717, 1.165) is 59.5 Å². The van der Waals surface area contributed by atoms with E-state index in [0.29, 0.717) is 6.04 Å². The molecule has 2 saturated heterocycles. The maximum Gasteiger partial charge on any atom is 0.231 e. The monoisotopic (exact) mass is 394 g/mol. The second-order valence-corrected chi connectivity index (χ2v) is 8.64. The van der Waals surface area contributed by atoms with Gasteiger partial charge in [0.05, 0.1) is 5.69 Å². The van der Waals surface area contributed by atoms with Crippen LogP contribution in [0.2, 0.25) is 0 Å². The minimum Gasteiger partial charge on any atom is -0.454 e. The van der Waals surface area contributed by atoms with E-state index in [9.17, 15) is 0 Å². The van der Waals surface area contributed by atoms with Gasteiger partial charge in [-0.15, -0.1) is 10.2 Å². The second kappa shape index (κ2) is 7.15. The summed E-state index contributed by atoms with van der Waals surface area (Å²) in [5.41, 5.74) is 1.83. The Bertz CT molecular complexity index is 872. The third-order valence-electron chi connectivity index (χ3n) is 6.77. The smallest absolute Gasteiger partial charge is 0.231 e. The van der Waals surface area contributed by atoms with Gasteiger partial charge >= 0.3 is 0 Å². The van der Waals surface area contributed by atoms with E-state index in [1.807, 2.05) is 30.3 Å². The van der Waals surface area contributed by atoms with E-state index >= 15 is 0 Å². The fourth-order valence-corrected chi connectivity index (χ4v) is 5.06. The summed E-state index contributed by atoms with van der Waals surface area (Å²) < 4.78 is 16.3. The highest BCUT2D eigenvalue weighted by atomic mass is 16.7. The van der Waals surface area contributed by atoms with Crippen molar-refractivity contribution in [3.05, 3.63) is 30.3 Å². The molecule has 3 fully saturated rings. The number of benzene rings is 1. The van der Waals surface area contributed by atoms with Crippen molar-refractivity contribution in [1.29, 1.82) is 0 Å². The molecule has 2 atom stereocenters. The molecule has 2 unspecified atom stereocenters. The molecule has 7 nitrogen and oxygen atoms in total. The summed E-state index contributed by atoms with van der Waals surface area (Å²) >= 11 is 0. The standard InChI is InChI=1S/C22H26N4O3/c1-3-19-20(29-13-28-19)9-15(1)18-2-4-21(25-24-18)23-22-16-11-26(12-17(16)22)10-14-5-7-27-8-6-14/h1-4,9,14,16-17,22H,5-8,10-13H2,(H,23,25). The summed E-state index contributed by atoms with van der Waals surface area (Å²) in [5.74, 6) is 4.75. The van der Waals surface area contributed by atoms with E-state index in [2.05, 4.69) is 20.4 Å². The Morgan fingerprint density at radius 3 is 2.59 bits per heavy atom. The first-order chi connectivity index (χ1) is 14.3. The topological polar surface area (TPSA) is 68.7 Å². The van der Waals surface area contributed by atoms with Crippen LogP contribution in [-0.2, 0) is 4.74 Å². The van der Waals surface area contributed by atoms with Crippen molar-refractivity contribution in [2.45, 2.75) is 18.9 Å². The Balaban J connectivity index is 1.03. The summed E-state index contributed by atoms with van der Waals surface area (Å²) in [7, 11) is 0. The van der Waals surface area contributed by atoms with Crippen LogP contribution in [0.25, 0.3) is 11.3 Å². The lowest BCUT2D eigenvalue weighted by Crippen LogP contribution is -2.34.